The fraction of sp³-hybridized carbons (Fsp3) is 0.0588. The average molecular weight is 328 g/mol. The molecule has 0 heterocycles. The number of fused-ring (bicyclic) bond motifs is 1. The fourth-order valence-corrected chi connectivity index (χ4v) is 3.17. The van der Waals surface area contributed by atoms with Crippen molar-refractivity contribution in [2.45, 2.75) is 4.90 Å². The summed E-state index contributed by atoms with van der Waals surface area (Å²) < 4.78 is 5.07. The lowest BCUT2D eigenvalue weighted by molar-refractivity contribution is 0.0986. The van der Waals surface area contributed by atoms with E-state index in [0.717, 1.165) is 16.7 Å². The number of allylic oxidation sites excluding steroid dienone is 2. The van der Waals surface area contributed by atoms with Crippen molar-refractivity contribution in [2.75, 3.05) is 7.11 Å². The molecule has 0 aromatic heterocycles. The van der Waals surface area contributed by atoms with Crippen molar-refractivity contribution in [2.24, 2.45) is 0 Å². The number of carbonyl (C=O) groups excluding carboxylic acids is 2. The van der Waals surface area contributed by atoms with Crippen LogP contribution in [0.2, 0.25) is 0 Å². The van der Waals surface area contributed by atoms with Crippen LogP contribution < -0.4 is 4.74 Å². The Morgan fingerprint density at radius 1 is 0.913 bits per heavy atom. The van der Waals surface area contributed by atoms with Crippen molar-refractivity contribution in [1.29, 1.82) is 0 Å². The molecule has 0 aliphatic heterocycles. The molecule has 0 saturated heterocycles. The van der Waals surface area contributed by atoms with Gasteiger partial charge in [-0.25, -0.2) is 0 Å². The first-order valence-corrected chi connectivity index (χ1v) is 7.50. The largest absolute Gasteiger partial charge is 0.507 e. The Hall–Kier alpha value is -2.73. The molecule has 6 heteroatoms. The lowest BCUT2D eigenvalue weighted by atomic mass is 9.93. The molecule has 0 bridgehead atoms. The summed E-state index contributed by atoms with van der Waals surface area (Å²) >= 11 is 1.12. The zero-order valence-corrected chi connectivity index (χ0v) is 12.9. The Kier molecular flexibility index (Phi) is 3.83. The van der Waals surface area contributed by atoms with Crippen molar-refractivity contribution in [3.63, 3.8) is 0 Å². The first-order valence-electron chi connectivity index (χ1n) is 6.69. The zero-order chi connectivity index (χ0) is 16.6. The van der Waals surface area contributed by atoms with Crippen LogP contribution in [0.15, 0.2) is 52.3 Å². The fourth-order valence-electron chi connectivity index (χ4n) is 2.29. The molecule has 116 valence electrons. The minimum absolute atomic E-state index is 0.158. The SMILES string of the molecule is COc1ccc(SC2=CC(=O)c3c(O)ccc(O)c3C2=O)cc1. The quantitative estimate of drug-likeness (QED) is 0.842. The molecule has 2 aromatic rings. The van der Waals surface area contributed by atoms with E-state index in [4.69, 9.17) is 4.74 Å². The molecule has 1 aliphatic rings. The first-order chi connectivity index (χ1) is 11.0. The van der Waals surface area contributed by atoms with Gasteiger partial charge in [0.1, 0.15) is 17.2 Å². The van der Waals surface area contributed by atoms with Gasteiger partial charge in [0.05, 0.1) is 23.1 Å². The van der Waals surface area contributed by atoms with Gasteiger partial charge in [0, 0.05) is 11.0 Å². The monoisotopic (exact) mass is 328 g/mol. The van der Waals surface area contributed by atoms with Crippen LogP contribution in [0.3, 0.4) is 0 Å². The van der Waals surface area contributed by atoms with E-state index < -0.39 is 11.6 Å². The number of ketones is 2. The summed E-state index contributed by atoms with van der Waals surface area (Å²) in [7, 11) is 1.56. The van der Waals surface area contributed by atoms with Gasteiger partial charge in [-0.1, -0.05) is 11.8 Å². The topological polar surface area (TPSA) is 83.8 Å². The molecular formula is C17H12O5S. The Labute approximate surface area is 136 Å². The molecule has 0 atom stereocenters. The number of benzene rings is 2. The van der Waals surface area contributed by atoms with E-state index in [1.807, 2.05) is 0 Å². The van der Waals surface area contributed by atoms with Crippen molar-refractivity contribution in [3.05, 3.63) is 58.5 Å². The summed E-state index contributed by atoms with van der Waals surface area (Å²) in [6.45, 7) is 0. The molecular weight excluding hydrogens is 316 g/mol. The molecule has 3 rings (SSSR count). The van der Waals surface area contributed by atoms with E-state index in [2.05, 4.69) is 0 Å². The number of aromatic hydroxyl groups is 2. The summed E-state index contributed by atoms with van der Waals surface area (Å²) in [6.07, 6.45) is 1.18. The maximum Gasteiger partial charge on any atom is 0.204 e. The van der Waals surface area contributed by atoms with E-state index in [9.17, 15) is 19.8 Å². The highest BCUT2D eigenvalue weighted by Gasteiger charge is 2.31. The lowest BCUT2D eigenvalue weighted by Gasteiger charge is -2.16. The molecule has 0 spiro atoms. The van der Waals surface area contributed by atoms with Gasteiger partial charge in [-0.3, -0.25) is 9.59 Å². The second-order valence-corrected chi connectivity index (χ2v) is 5.95. The van der Waals surface area contributed by atoms with Gasteiger partial charge in [0.25, 0.3) is 0 Å². The van der Waals surface area contributed by atoms with Gasteiger partial charge >= 0.3 is 0 Å². The van der Waals surface area contributed by atoms with E-state index >= 15 is 0 Å². The number of Topliss-reactive ketones (excluding diaryl/α,β-unsaturated/α-hetero) is 1. The number of thioether (sulfide) groups is 1. The summed E-state index contributed by atoms with van der Waals surface area (Å²) in [4.78, 5) is 25.6. The second kappa shape index (κ2) is 5.81. The van der Waals surface area contributed by atoms with Crippen molar-refractivity contribution < 1.29 is 24.5 Å². The Bertz CT molecular complexity index is 837. The summed E-state index contributed by atoms with van der Waals surface area (Å²) in [5, 5.41) is 19.7. The normalized spacial score (nSPS) is 13.5. The Balaban J connectivity index is 1.97. The van der Waals surface area contributed by atoms with Crippen molar-refractivity contribution in [1.82, 2.24) is 0 Å². The standard InChI is InChI=1S/C17H12O5S/c1-22-9-2-4-10(5-3-9)23-14-8-13(20)15-11(18)6-7-12(19)16(15)17(14)21/h2-8,18-19H,1H3. The predicted octanol–water partition coefficient (Wildman–Crippen LogP) is 3.16. The van der Waals surface area contributed by atoms with Crippen LogP contribution in [-0.2, 0) is 0 Å². The molecule has 2 N–H and O–H groups in total. The van der Waals surface area contributed by atoms with Crippen LogP contribution in [0, 0.1) is 0 Å². The van der Waals surface area contributed by atoms with Crippen LogP contribution in [0.25, 0.3) is 0 Å². The predicted molar refractivity (Wildman–Crippen MR) is 85.4 cm³/mol. The number of ether oxygens (including phenoxy) is 1. The third kappa shape index (κ3) is 2.68. The molecule has 0 amide bonds. The molecule has 0 radical (unpaired) electrons. The van der Waals surface area contributed by atoms with E-state index in [0.29, 0.717) is 5.75 Å². The third-order valence-electron chi connectivity index (χ3n) is 3.41. The van der Waals surface area contributed by atoms with Crippen LogP contribution >= 0.6 is 11.8 Å². The summed E-state index contributed by atoms with van der Waals surface area (Å²) in [6, 6.07) is 9.40. The summed E-state index contributed by atoms with van der Waals surface area (Å²) in [5.41, 5.74) is -0.317. The maximum absolute atomic E-state index is 12.5. The number of hydrogen-bond acceptors (Lipinski definition) is 6. The smallest absolute Gasteiger partial charge is 0.204 e. The number of rotatable bonds is 3. The van der Waals surface area contributed by atoms with E-state index in [1.54, 1.807) is 31.4 Å². The van der Waals surface area contributed by atoms with Gasteiger partial charge in [0.2, 0.25) is 5.78 Å². The maximum atomic E-state index is 12.5. The highest BCUT2D eigenvalue weighted by atomic mass is 32.2. The number of methoxy groups -OCH3 is 1. The van der Waals surface area contributed by atoms with Gasteiger partial charge in [-0.05, 0) is 36.4 Å². The minimum atomic E-state index is -0.510. The summed E-state index contributed by atoms with van der Waals surface area (Å²) in [5.74, 6) is -0.960. The van der Waals surface area contributed by atoms with Gasteiger partial charge in [-0.2, -0.15) is 0 Å². The number of hydrogen-bond donors (Lipinski definition) is 2. The number of carbonyl (C=O) groups is 2. The van der Waals surface area contributed by atoms with Crippen LogP contribution in [0.4, 0.5) is 0 Å². The number of phenolic OH excluding ortho intramolecular Hbond substituents is 2. The van der Waals surface area contributed by atoms with Crippen molar-refractivity contribution in [3.8, 4) is 17.2 Å². The first kappa shape index (κ1) is 15.2. The second-order valence-electron chi connectivity index (χ2n) is 4.83. The minimum Gasteiger partial charge on any atom is -0.507 e. The molecule has 0 saturated carbocycles. The molecule has 0 unspecified atom stereocenters. The molecule has 1 aliphatic carbocycles. The van der Waals surface area contributed by atoms with Crippen LogP contribution in [-0.4, -0.2) is 28.9 Å². The average Bonchev–Trinajstić information content (AvgIpc) is 2.55. The van der Waals surface area contributed by atoms with Gasteiger partial charge < -0.3 is 14.9 Å². The highest BCUT2D eigenvalue weighted by molar-refractivity contribution is 8.04. The van der Waals surface area contributed by atoms with Crippen LogP contribution in [0.5, 0.6) is 17.2 Å². The Morgan fingerprint density at radius 3 is 2.13 bits per heavy atom. The molecule has 23 heavy (non-hydrogen) atoms. The molecule has 5 nitrogen and oxygen atoms in total. The molecule has 0 fully saturated rings. The van der Waals surface area contributed by atoms with Crippen molar-refractivity contribution >= 4 is 23.3 Å². The lowest BCUT2D eigenvalue weighted by Crippen LogP contribution is -2.16. The Morgan fingerprint density at radius 2 is 1.52 bits per heavy atom. The van der Waals surface area contributed by atoms with E-state index in [-0.39, 0.29) is 27.5 Å². The van der Waals surface area contributed by atoms with Crippen LogP contribution in [0.1, 0.15) is 20.7 Å². The zero-order valence-electron chi connectivity index (χ0n) is 12.1. The van der Waals surface area contributed by atoms with E-state index in [1.165, 1.54) is 18.2 Å². The van der Waals surface area contributed by atoms with Gasteiger partial charge in [-0.15, -0.1) is 0 Å². The highest BCUT2D eigenvalue weighted by Crippen LogP contribution is 2.39. The van der Waals surface area contributed by atoms with Gasteiger partial charge in [0.15, 0.2) is 5.78 Å². The number of phenols is 2. The molecule has 2 aromatic carbocycles. The third-order valence-corrected chi connectivity index (χ3v) is 4.44.